The fourth-order valence-electron chi connectivity index (χ4n) is 3.39. The molecule has 0 spiro atoms. The van der Waals surface area contributed by atoms with Crippen LogP contribution in [0.5, 0.6) is 11.6 Å². The maximum atomic E-state index is 6.28. The molecule has 0 radical (unpaired) electrons. The normalized spacial score (nSPS) is 15.8. The summed E-state index contributed by atoms with van der Waals surface area (Å²) in [4.78, 5) is 13.6. The van der Waals surface area contributed by atoms with Crippen LogP contribution in [0.4, 0.5) is 11.6 Å². The van der Waals surface area contributed by atoms with Gasteiger partial charge in [-0.2, -0.15) is 10.2 Å². The third kappa shape index (κ3) is 3.79. The Bertz CT molecular complexity index is 1230. The van der Waals surface area contributed by atoms with E-state index in [-0.39, 0.29) is 6.10 Å². The van der Waals surface area contributed by atoms with E-state index in [1.54, 1.807) is 34.0 Å². The van der Waals surface area contributed by atoms with Crippen molar-refractivity contribution < 1.29 is 9.47 Å². The molecule has 4 bridgehead atoms. The van der Waals surface area contributed by atoms with Crippen LogP contribution >= 0.6 is 0 Å². The Balaban J connectivity index is 1.58. The molecule has 0 aliphatic carbocycles. The summed E-state index contributed by atoms with van der Waals surface area (Å²) in [7, 11) is 3.71. The minimum absolute atomic E-state index is 0.0913. The third-order valence-electron chi connectivity index (χ3n) is 4.98. The van der Waals surface area contributed by atoms with Gasteiger partial charge in [0.2, 0.25) is 5.88 Å². The minimum Gasteiger partial charge on any atom is -0.490 e. The van der Waals surface area contributed by atoms with Gasteiger partial charge in [-0.1, -0.05) is 0 Å². The highest BCUT2D eigenvalue weighted by atomic mass is 16.5. The van der Waals surface area contributed by atoms with Crippen molar-refractivity contribution in [3.8, 4) is 34.3 Å². The zero-order chi connectivity index (χ0) is 21.4. The predicted molar refractivity (Wildman–Crippen MR) is 114 cm³/mol. The topological polar surface area (TPSA) is 105 Å². The quantitative estimate of drug-likeness (QED) is 0.503. The van der Waals surface area contributed by atoms with Gasteiger partial charge in [-0.05, 0) is 19.1 Å². The SMILES string of the molecule is C[C@H]1CCOc2c(cnn2C)-c2nccc(n2)Nc2cc(c(-c3ccn(C)n3)cn2)O1. The molecule has 5 rings (SSSR count). The van der Waals surface area contributed by atoms with E-state index in [9.17, 15) is 0 Å². The van der Waals surface area contributed by atoms with Gasteiger partial charge < -0.3 is 14.8 Å². The smallest absolute Gasteiger partial charge is 0.222 e. The van der Waals surface area contributed by atoms with Crippen LogP contribution in [0.3, 0.4) is 0 Å². The molecule has 31 heavy (non-hydrogen) atoms. The number of nitrogens with one attached hydrogen (secondary N) is 1. The van der Waals surface area contributed by atoms with Crippen LogP contribution in [0, 0.1) is 0 Å². The van der Waals surface area contributed by atoms with Crippen LogP contribution in [0.2, 0.25) is 0 Å². The molecule has 0 saturated carbocycles. The molecule has 0 unspecified atom stereocenters. The molecule has 0 aromatic carbocycles. The van der Waals surface area contributed by atoms with E-state index in [2.05, 4.69) is 30.5 Å². The monoisotopic (exact) mass is 418 g/mol. The molecule has 10 nitrogen and oxygen atoms in total. The molecule has 1 atom stereocenters. The first-order chi connectivity index (χ1) is 15.1. The highest BCUT2D eigenvalue weighted by Crippen LogP contribution is 2.33. The summed E-state index contributed by atoms with van der Waals surface area (Å²) >= 11 is 0. The minimum atomic E-state index is -0.0913. The van der Waals surface area contributed by atoms with Crippen molar-refractivity contribution in [2.45, 2.75) is 19.4 Å². The Hall–Kier alpha value is -3.95. The Morgan fingerprint density at radius 1 is 1.10 bits per heavy atom. The second-order valence-corrected chi connectivity index (χ2v) is 7.38. The number of anilines is 2. The molecule has 0 saturated heterocycles. The number of ether oxygens (including phenoxy) is 2. The van der Waals surface area contributed by atoms with Gasteiger partial charge in [-0.15, -0.1) is 0 Å². The number of aromatic nitrogens is 7. The first kappa shape index (κ1) is 19.0. The maximum Gasteiger partial charge on any atom is 0.222 e. The maximum absolute atomic E-state index is 6.28. The van der Waals surface area contributed by atoms with Gasteiger partial charge >= 0.3 is 0 Å². The number of fused-ring (bicyclic) bond motifs is 6. The van der Waals surface area contributed by atoms with E-state index >= 15 is 0 Å². The zero-order valence-electron chi connectivity index (χ0n) is 17.5. The van der Waals surface area contributed by atoms with Crippen LogP contribution in [0.15, 0.2) is 43.0 Å². The summed E-state index contributed by atoms with van der Waals surface area (Å²) < 4.78 is 15.8. The summed E-state index contributed by atoms with van der Waals surface area (Å²) in [6.45, 7) is 2.48. The van der Waals surface area contributed by atoms with Gasteiger partial charge in [0.25, 0.3) is 0 Å². The number of pyridine rings is 1. The highest BCUT2D eigenvalue weighted by molar-refractivity contribution is 5.70. The predicted octanol–water partition coefficient (Wildman–Crippen LogP) is 2.97. The van der Waals surface area contributed by atoms with Crippen molar-refractivity contribution in [1.82, 2.24) is 34.5 Å². The number of rotatable bonds is 1. The summed E-state index contributed by atoms with van der Waals surface area (Å²) in [5.41, 5.74) is 2.35. The molecule has 4 aromatic heterocycles. The number of hydrogen-bond donors (Lipinski definition) is 1. The fraction of sp³-hybridized carbons (Fsp3) is 0.286. The lowest BCUT2D eigenvalue weighted by atomic mass is 10.2. The Morgan fingerprint density at radius 2 is 2.00 bits per heavy atom. The number of aryl methyl sites for hydroxylation is 2. The van der Waals surface area contributed by atoms with E-state index < -0.39 is 0 Å². The summed E-state index contributed by atoms with van der Waals surface area (Å²) in [6.07, 6.45) is 7.64. The summed E-state index contributed by atoms with van der Waals surface area (Å²) in [6, 6.07) is 5.58. The molecular formula is C21H22N8O2. The van der Waals surface area contributed by atoms with Crippen LogP contribution < -0.4 is 14.8 Å². The zero-order valence-corrected chi connectivity index (χ0v) is 17.5. The van der Waals surface area contributed by atoms with Crippen molar-refractivity contribution in [3.05, 3.63) is 43.0 Å². The molecule has 5 heterocycles. The van der Waals surface area contributed by atoms with Crippen molar-refractivity contribution >= 4 is 11.6 Å². The van der Waals surface area contributed by atoms with E-state index in [0.29, 0.717) is 42.1 Å². The summed E-state index contributed by atoms with van der Waals surface area (Å²) in [5, 5.41) is 12.0. The van der Waals surface area contributed by atoms with E-state index in [1.807, 2.05) is 39.3 Å². The van der Waals surface area contributed by atoms with Crippen LogP contribution in [-0.2, 0) is 14.1 Å². The van der Waals surface area contributed by atoms with Gasteiger partial charge in [-0.25, -0.2) is 19.6 Å². The number of nitrogens with zero attached hydrogens (tertiary/aromatic N) is 7. The standard InChI is InChI=1S/C21H22N8O2/c1-13-6-9-30-21-15(12-24-29(21)3)20-22-7-4-18(26-20)25-19-10-17(31-13)14(11-23-19)16-5-8-28(2)27-16/h4-5,7-8,10-13H,6,9H2,1-3H3,(H,22,23,25,26)/t13-/m0/s1. The second-order valence-electron chi connectivity index (χ2n) is 7.38. The first-order valence-electron chi connectivity index (χ1n) is 9.99. The van der Waals surface area contributed by atoms with Gasteiger partial charge in [0, 0.05) is 45.2 Å². The van der Waals surface area contributed by atoms with Gasteiger partial charge in [-0.3, -0.25) is 4.68 Å². The van der Waals surface area contributed by atoms with Crippen LogP contribution in [-0.4, -0.2) is 47.2 Å². The van der Waals surface area contributed by atoms with Crippen LogP contribution in [0.1, 0.15) is 13.3 Å². The lowest BCUT2D eigenvalue weighted by Crippen LogP contribution is -2.17. The number of hydrogen-bond acceptors (Lipinski definition) is 8. The molecule has 0 fully saturated rings. The van der Waals surface area contributed by atoms with Crippen molar-refractivity contribution in [3.63, 3.8) is 0 Å². The van der Waals surface area contributed by atoms with Crippen molar-refractivity contribution in [1.29, 1.82) is 0 Å². The first-order valence-corrected chi connectivity index (χ1v) is 9.99. The molecule has 4 aromatic rings. The lowest BCUT2D eigenvalue weighted by molar-refractivity contribution is 0.173. The average Bonchev–Trinajstić information content (AvgIpc) is 3.34. The highest BCUT2D eigenvalue weighted by Gasteiger charge is 2.19. The van der Waals surface area contributed by atoms with Crippen molar-refractivity contribution in [2.75, 3.05) is 11.9 Å². The van der Waals surface area contributed by atoms with Gasteiger partial charge in [0.15, 0.2) is 5.82 Å². The molecule has 1 aliphatic heterocycles. The van der Waals surface area contributed by atoms with Crippen LogP contribution in [0.25, 0.3) is 22.6 Å². The van der Waals surface area contributed by atoms with Crippen molar-refractivity contribution in [2.24, 2.45) is 14.1 Å². The molecule has 158 valence electrons. The fourth-order valence-corrected chi connectivity index (χ4v) is 3.39. The lowest BCUT2D eigenvalue weighted by Gasteiger charge is -2.19. The van der Waals surface area contributed by atoms with Gasteiger partial charge in [0.1, 0.15) is 22.9 Å². The summed E-state index contributed by atoms with van der Waals surface area (Å²) in [5.74, 6) is 3.06. The van der Waals surface area contributed by atoms with E-state index in [1.165, 1.54) is 0 Å². The third-order valence-corrected chi connectivity index (χ3v) is 4.98. The molecule has 0 amide bonds. The van der Waals surface area contributed by atoms with Gasteiger partial charge in [0.05, 0.1) is 30.2 Å². The molecule has 1 aliphatic rings. The molecule has 10 heteroatoms. The Labute approximate surface area is 178 Å². The Morgan fingerprint density at radius 3 is 2.84 bits per heavy atom. The largest absolute Gasteiger partial charge is 0.490 e. The van der Waals surface area contributed by atoms with E-state index in [0.717, 1.165) is 16.8 Å². The second kappa shape index (κ2) is 7.71. The molecule has 1 N–H and O–H groups in total. The Kier molecular flexibility index (Phi) is 4.73. The average molecular weight is 418 g/mol. The van der Waals surface area contributed by atoms with E-state index in [4.69, 9.17) is 9.47 Å². The molecular weight excluding hydrogens is 396 g/mol.